The van der Waals surface area contributed by atoms with Gasteiger partial charge in [0.1, 0.15) is 0 Å². The van der Waals surface area contributed by atoms with E-state index in [1.165, 1.54) is 36.9 Å². The molecule has 2 N–H and O–H groups in total. The third-order valence-corrected chi connectivity index (χ3v) is 4.07. The van der Waals surface area contributed by atoms with Crippen LogP contribution in [0.3, 0.4) is 0 Å². The molecular weight excluding hydrogens is 236 g/mol. The van der Waals surface area contributed by atoms with Crippen LogP contribution in [0.5, 0.6) is 0 Å². The molecule has 2 heterocycles. The Labute approximate surface area is 114 Å². The van der Waals surface area contributed by atoms with Crippen molar-refractivity contribution in [1.29, 1.82) is 0 Å². The molecule has 0 saturated heterocycles. The first-order chi connectivity index (χ1) is 9.34. The van der Waals surface area contributed by atoms with Crippen LogP contribution in [0.25, 0.3) is 0 Å². The zero-order valence-electron chi connectivity index (χ0n) is 11.3. The quantitative estimate of drug-likeness (QED) is 0.838. The van der Waals surface area contributed by atoms with E-state index in [0.717, 1.165) is 19.5 Å². The molecule has 0 amide bonds. The summed E-state index contributed by atoms with van der Waals surface area (Å²) in [4.78, 5) is 4.06. The van der Waals surface area contributed by atoms with Gasteiger partial charge in [-0.1, -0.05) is 0 Å². The summed E-state index contributed by atoms with van der Waals surface area (Å²) < 4.78 is 4.54. The molecule has 0 spiro atoms. The summed E-state index contributed by atoms with van der Waals surface area (Å²) in [5, 5.41) is 0. The number of hydrogen-bond donors (Lipinski definition) is 1. The van der Waals surface area contributed by atoms with E-state index in [2.05, 4.69) is 26.4 Å². The van der Waals surface area contributed by atoms with Gasteiger partial charge in [-0.15, -0.1) is 0 Å². The SMILES string of the molecule is NC1CCCc2c1ccn2CCCCn1ccnc1. The van der Waals surface area contributed by atoms with E-state index in [4.69, 9.17) is 5.73 Å². The summed E-state index contributed by atoms with van der Waals surface area (Å²) in [6.07, 6.45) is 13.9. The third-order valence-electron chi connectivity index (χ3n) is 4.07. The number of fused-ring (bicyclic) bond motifs is 1. The summed E-state index contributed by atoms with van der Waals surface area (Å²) in [5.74, 6) is 0. The predicted octanol–water partition coefficient (Wildman–Crippen LogP) is 2.50. The molecular formula is C15H22N4. The molecule has 102 valence electrons. The smallest absolute Gasteiger partial charge is 0.0945 e. The zero-order valence-corrected chi connectivity index (χ0v) is 11.3. The van der Waals surface area contributed by atoms with Crippen LogP contribution >= 0.6 is 0 Å². The third kappa shape index (κ3) is 2.73. The Morgan fingerprint density at radius 2 is 2.16 bits per heavy atom. The van der Waals surface area contributed by atoms with E-state index in [1.54, 1.807) is 0 Å². The maximum Gasteiger partial charge on any atom is 0.0945 e. The Morgan fingerprint density at radius 3 is 3.00 bits per heavy atom. The topological polar surface area (TPSA) is 48.8 Å². The lowest BCUT2D eigenvalue weighted by atomic mass is 9.93. The van der Waals surface area contributed by atoms with Crippen LogP contribution in [0.4, 0.5) is 0 Å². The fraction of sp³-hybridized carbons (Fsp3) is 0.533. The molecule has 19 heavy (non-hydrogen) atoms. The lowest BCUT2D eigenvalue weighted by Crippen LogP contribution is -2.18. The molecule has 0 bridgehead atoms. The lowest BCUT2D eigenvalue weighted by molar-refractivity contribution is 0.512. The number of hydrogen-bond acceptors (Lipinski definition) is 2. The van der Waals surface area contributed by atoms with Crippen LogP contribution in [0.15, 0.2) is 31.0 Å². The van der Waals surface area contributed by atoms with Gasteiger partial charge < -0.3 is 14.9 Å². The van der Waals surface area contributed by atoms with Gasteiger partial charge in [-0.3, -0.25) is 0 Å². The maximum atomic E-state index is 6.16. The van der Waals surface area contributed by atoms with Crippen LogP contribution in [0.1, 0.15) is 43.0 Å². The highest BCUT2D eigenvalue weighted by Gasteiger charge is 2.19. The van der Waals surface area contributed by atoms with E-state index < -0.39 is 0 Å². The molecule has 0 aromatic carbocycles. The van der Waals surface area contributed by atoms with Crippen molar-refractivity contribution in [3.8, 4) is 0 Å². The number of aryl methyl sites for hydroxylation is 2. The van der Waals surface area contributed by atoms with Gasteiger partial charge in [-0.25, -0.2) is 4.98 Å². The van der Waals surface area contributed by atoms with E-state index >= 15 is 0 Å². The Balaban J connectivity index is 1.53. The zero-order chi connectivity index (χ0) is 13.1. The Morgan fingerprint density at radius 1 is 1.26 bits per heavy atom. The second-order valence-electron chi connectivity index (χ2n) is 5.42. The summed E-state index contributed by atoms with van der Waals surface area (Å²) >= 11 is 0. The minimum absolute atomic E-state index is 0.260. The number of nitrogens with two attached hydrogens (primary N) is 1. The van der Waals surface area contributed by atoms with E-state index in [1.807, 2.05) is 18.7 Å². The standard InChI is InChI=1S/C15H22N4/c16-14-4-3-5-15-13(14)6-10-19(15)9-2-1-8-18-11-7-17-12-18/h6-7,10-12,14H,1-5,8-9,16H2. The monoisotopic (exact) mass is 258 g/mol. The molecule has 3 rings (SSSR count). The molecule has 2 aromatic rings. The van der Waals surface area contributed by atoms with Crippen molar-refractivity contribution in [3.63, 3.8) is 0 Å². The minimum Gasteiger partial charge on any atom is -0.351 e. The molecule has 0 aliphatic heterocycles. The number of rotatable bonds is 5. The highest BCUT2D eigenvalue weighted by Crippen LogP contribution is 2.28. The Bertz CT molecular complexity index is 512. The number of aromatic nitrogens is 3. The first-order valence-electron chi connectivity index (χ1n) is 7.24. The van der Waals surface area contributed by atoms with Crippen molar-refractivity contribution >= 4 is 0 Å². The highest BCUT2D eigenvalue weighted by atomic mass is 15.0. The van der Waals surface area contributed by atoms with E-state index in [9.17, 15) is 0 Å². The van der Waals surface area contributed by atoms with Gasteiger partial charge in [0.25, 0.3) is 0 Å². The molecule has 0 radical (unpaired) electrons. The van der Waals surface area contributed by atoms with Gasteiger partial charge in [-0.2, -0.15) is 0 Å². The molecule has 4 nitrogen and oxygen atoms in total. The minimum atomic E-state index is 0.260. The first kappa shape index (κ1) is 12.5. The Hall–Kier alpha value is -1.55. The van der Waals surface area contributed by atoms with Crippen molar-refractivity contribution in [2.24, 2.45) is 5.73 Å². The van der Waals surface area contributed by atoms with Gasteiger partial charge in [0, 0.05) is 43.4 Å². The molecule has 1 atom stereocenters. The summed E-state index contributed by atoms with van der Waals surface area (Å²) in [5.41, 5.74) is 9.00. The largest absolute Gasteiger partial charge is 0.351 e. The Kier molecular flexibility index (Phi) is 3.69. The van der Waals surface area contributed by atoms with Crippen LogP contribution in [0.2, 0.25) is 0 Å². The van der Waals surface area contributed by atoms with Crippen LogP contribution in [0, 0.1) is 0 Å². The highest BCUT2D eigenvalue weighted by molar-refractivity contribution is 5.28. The fourth-order valence-corrected chi connectivity index (χ4v) is 3.00. The first-order valence-corrected chi connectivity index (χ1v) is 7.24. The number of nitrogens with zero attached hydrogens (tertiary/aromatic N) is 3. The van der Waals surface area contributed by atoms with Crippen molar-refractivity contribution in [3.05, 3.63) is 42.2 Å². The summed E-state index contributed by atoms with van der Waals surface area (Å²) in [7, 11) is 0. The molecule has 1 aliphatic carbocycles. The molecule has 2 aromatic heterocycles. The molecule has 4 heteroatoms. The lowest BCUT2D eigenvalue weighted by Gasteiger charge is -2.21. The molecule has 1 unspecified atom stereocenters. The van der Waals surface area contributed by atoms with Crippen molar-refractivity contribution in [2.75, 3.05) is 0 Å². The van der Waals surface area contributed by atoms with Crippen LogP contribution in [-0.2, 0) is 19.5 Å². The van der Waals surface area contributed by atoms with Crippen molar-refractivity contribution < 1.29 is 0 Å². The summed E-state index contributed by atoms with van der Waals surface area (Å²) in [6.45, 7) is 2.17. The van der Waals surface area contributed by atoms with Crippen molar-refractivity contribution in [2.45, 2.75) is 51.2 Å². The fourth-order valence-electron chi connectivity index (χ4n) is 3.00. The van der Waals surface area contributed by atoms with Gasteiger partial charge in [-0.05, 0) is 43.7 Å². The van der Waals surface area contributed by atoms with Crippen molar-refractivity contribution in [1.82, 2.24) is 14.1 Å². The number of unbranched alkanes of at least 4 members (excludes halogenated alkanes) is 1. The van der Waals surface area contributed by atoms with E-state index in [0.29, 0.717) is 0 Å². The second-order valence-corrected chi connectivity index (χ2v) is 5.42. The normalized spacial score (nSPS) is 18.5. The average Bonchev–Trinajstić information content (AvgIpc) is 3.05. The summed E-state index contributed by atoms with van der Waals surface area (Å²) in [6, 6.07) is 2.48. The maximum absolute atomic E-state index is 6.16. The van der Waals surface area contributed by atoms with Crippen LogP contribution in [-0.4, -0.2) is 14.1 Å². The van der Waals surface area contributed by atoms with Crippen LogP contribution < -0.4 is 5.73 Å². The molecule has 0 saturated carbocycles. The second kappa shape index (κ2) is 5.61. The molecule has 0 fully saturated rings. The van der Waals surface area contributed by atoms with E-state index in [-0.39, 0.29) is 6.04 Å². The van der Waals surface area contributed by atoms with Gasteiger partial charge >= 0.3 is 0 Å². The predicted molar refractivity (Wildman–Crippen MR) is 75.8 cm³/mol. The van der Waals surface area contributed by atoms with Gasteiger partial charge in [0.15, 0.2) is 0 Å². The number of imidazole rings is 1. The average molecular weight is 258 g/mol. The van der Waals surface area contributed by atoms with Gasteiger partial charge in [0.2, 0.25) is 0 Å². The van der Waals surface area contributed by atoms with Gasteiger partial charge in [0.05, 0.1) is 6.33 Å². The molecule has 1 aliphatic rings.